The Balaban J connectivity index is 1.51. The predicted octanol–water partition coefficient (Wildman–Crippen LogP) is 4.12. The van der Waals surface area contributed by atoms with Crippen molar-refractivity contribution < 1.29 is 14.3 Å². The van der Waals surface area contributed by atoms with Crippen LogP contribution >= 0.6 is 0 Å². The van der Waals surface area contributed by atoms with Gasteiger partial charge < -0.3 is 15.4 Å². The molecule has 3 rings (SSSR count). The first-order chi connectivity index (χ1) is 13.7. The number of ether oxygens (including phenoxy) is 1. The van der Waals surface area contributed by atoms with Crippen LogP contribution in [0.3, 0.4) is 0 Å². The molecule has 3 aromatic rings. The summed E-state index contributed by atoms with van der Waals surface area (Å²) < 4.78 is 5.55. The van der Waals surface area contributed by atoms with Crippen molar-refractivity contribution >= 4 is 17.5 Å². The molecule has 142 valence electrons. The second kappa shape index (κ2) is 9.37. The second-order valence-electron chi connectivity index (χ2n) is 6.16. The minimum Gasteiger partial charge on any atom is -0.484 e. The zero-order valence-electron chi connectivity index (χ0n) is 15.6. The number of carbonyl (C=O) groups excluding carboxylic acids is 2. The van der Waals surface area contributed by atoms with Gasteiger partial charge in [0.05, 0.1) is 0 Å². The highest BCUT2D eigenvalue weighted by atomic mass is 16.5. The molecule has 0 spiro atoms. The summed E-state index contributed by atoms with van der Waals surface area (Å²) in [6.07, 6.45) is 0. The van der Waals surface area contributed by atoms with Gasteiger partial charge >= 0.3 is 0 Å². The second-order valence-corrected chi connectivity index (χ2v) is 6.16. The van der Waals surface area contributed by atoms with Gasteiger partial charge in [0.1, 0.15) is 5.75 Å². The summed E-state index contributed by atoms with van der Waals surface area (Å²) >= 11 is 0. The van der Waals surface area contributed by atoms with E-state index in [1.165, 1.54) is 0 Å². The number of benzene rings is 3. The van der Waals surface area contributed by atoms with Gasteiger partial charge in [-0.1, -0.05) is 42.5 Å². The fraction of sp³-hybridized carbons (Fsp3) is 0.130. The number of hydrogen-bond acceptors (Lipinski definition) is 3. The van der Waals surface area contributed by atoms with Crippen LogP contribution in [0.15, 0.2) is 78.9 Å². The molecule has 0 bridgehead atoms. The quantitative estimate of drug-likeness (QED) is 0.654. The van der Waals surface area contributed by atoms with Gasteiger partial charge in [-0.15, -0.1) is 0 Å². The maximum absolute atomic E-state index is 12.1. The van der Waals surface area contributed by atoms with Crippen LogP contribution < -0.4 is 15.4 Å². The molecule has 0 heterocycles. The minimum absolute atomic E-state index is 0.0945. The average molecular weight is 374 g/mol. The smallest absolute Gasteiger partial charge is 0.262 e. The van der Waals surface area contributed by atoms with Gasteiger partial charge in [-0.25, -0.2) is 0 Å². The number of hydrogen-bond donors (Lipinski definition) is 2. The third kappa shape index (κ3) is 5.20. The fourth-order valence-corrected chi connectivity index (χ4v) is 2.69. The third-order valence-corrected chi connectivity index (χ3v) is 4.10. The van der Waals surface area contributed by atoms with E-state index in [1.807, 2.05) is 61.5 Å². The molecule has 0 radical (unpaired) electrons. The number of nitrogens with one attached hydrogen (secondary N) is 2. The van der Waals surface area contributed by atoms with Crippen LogP contribution in [0.25, 0.3) is 11.1 Å². The van der Waals surface area contributed by atoms with Crippen molar-refractivity contribution in [3.63, 3.8) is 0 Å². The van der Waals surface area contributed by atoms with Crippen LogP contribution in [0.5, 0.6) is 5.75 Å². The van der Waals surface area contributed by atoms with E-state index in [-0.39, 0.29) is 18.4 Å². The maximum atomic E-state index is 12.1. The van der Waals surface area contributed by atoms with Crippen molar-refractivity contribution in [1.82, 2.24) is 5.32 Å². The Hall–Kier alpha value is -3.60. The fourth-order valence-electron chi connectivity index (χ4n) is 2.69. The molecular weight excluding hydrogens is 352 g/mol. The Morgan fingerprint density at radius 2 is 1.46 bits per heavy atom. The van der Waals surface area contributed by atoms with Gasteiger partial charge in [-0.05, 0) is 54.4 Å². The molecule has 2 N–H and O–H groups in total. The van der Waals surface area contributed by atoms with Crippen LogP contribution in [0.1, 0.15) is 17.3 Å². The van der Waals surface area contributed by atoms with Crippen molar-refractivity contribution in [2.45, 2.75) is 6.92 Å². The standard InChI is InChI=1S/C23H22N2O3/c1-2-24-23(27)19-8-12-20(13-9-19)25-22(26)16-28-21-14-10-18(11-15-21)17-6-4-3-5-7-17/h3-15H,2,16H2,1H3,(H,24,27)(H,25,26). The Bertz CT molecular complexity index is 920. The maximum Gasteiger partial charge on any atom is 0.262 e. The van der Waals surface area contributed by atoms with Gasteiger partial charge in [0.25, 0.3) is 11.8 Å². The molecule has 0 aliphatic rings. The summed E-state index contributed by atoms with van der Waals surface area (Å²) in [4.78, 5) is 23.8. The lowest BCUT2D eigenvalue weighted by atomic mass is 10.1. The van der Waals surface area contributed by atoms with E-state index in [0.717, 1.165) is 11.1 Å². The molecule has 5 nitrogen and oxygen atoms in total. The summed E-state index contributed by atoms with van der Waals surface area (Å²) in [5, 5.41) is 5.48. The number of carbonyl (C=O) groups is 2. The normalized spacial score (nSPS) is 10.2. The monoisotopic (exact) mass is 374 g/mol. The van der Waals surface area contributed by atoms with Crippen molar-refractivity contribution in [2.75, 3.05) is 18.5 Å². The summed E-state index contributed by atoms with van der Waals surface area (Å²) in [5.74, 6) is 0.224. The van der Waals surface area contributed by atoms with E-state index in [2.05, 4.69) is 10.6 Å². The van der Waals surface area contributed by atoms with Crippen molar-refractivity contribution in [2.24, 2.45) is 0 Å². The molecule has 0 aliphatic heterocycles. The lowest BCUT2D eigenvalue weighted by molar-refractivity contribution is -0.118. The van der Waals surface area contributed by atoms with Gasteiger partial charge in [-0.2, -0.15) is 0 Å². The first-order valence-electron chi connectivity index (χ1n) is 9.12. The Morgan fingerprint density at radius 1 is 0.821 bits per heavy atom. The highest BCUT2D eigenvalue weighted by Crippen LogP contribution is 2.22. The molecule has 0 atom stereocenters. The molecule has 2 amide bonds. The van der Waals surface area contributed by atoms with Crippen LogP contribution in [-0.4, -0.2) is 25.0 Å². The van der Waals surface area contributed by atoms with E-state index < -0.39 is 0 Å². The molecule has 0 unspecified atom stereocenters. The zero-order valence-corrected chi connectivity index (χ0v) is 15.6. The van der Waals surface area contributed by atoms with Gasteiger partial charge in [0, 0.05) is 17.8 Å². The summed E-state index contributed by atoms with van der Waals surface area (Å²) in [7, 11) is 0. The summed E-state index contributed by atoms with van der Waals surface area (Å²) in [6, 6.07) is 24.4. The van der Waals surface area contributed by atoms with Gasteiger partial charge in [0.15, 0.2) is 6.61 Å². The molecule has 0 saturated carbocycles. The highest BCUT2D eigenvalue weighted by molar-refractivity contribution is 5.96. The van der Waals surface area contributed by atoms with Gasteiger partial charge in [-0.3, -0.25) is 9.59 Å². The third-order valence-electron chi connectivity index (χ3n) is 4.10. The molecular formula is C23H22N2O3. The van der Waals surface area contributed by atoms with Crippen LogP contribution in [-0.2, 0) is 4.79 Å². The van der Waals surface area contributed by atoms with Crippen molar-refractivity contribution in [1.29, 1.82) is 0 Å². The summed E-state index contributed by atoms with van der Waals surface area (Å²) in [5.41, 5.74) is 3.38. The minimum atomic E-state index is -0.266. The molecule has 0 saturated heterocycles. The van der Waals surface area contributed by atoms with Crippen molar-refractivity contribution in [3.05, 3.63) is 84.4 Å². The molecule has 0 aliphatic carbocycles. The average Bonchev–Trinajstić information content (AvgIpc) is 2.74. The van der Waals surface area contributed by atoms with E-state index in [9.17, 15) is 9.59 Å². The van der Waals surface area contributed by atoms with Crippen molar-refractivity contribution in [3.8, 4) is 16.9 Å². The molecule has 28 heavy (non-hydrogen) atoms. The van der Waals surface area contributed by atoms with Crippen LogP contribution in [0.4, 0.5) is 5.69 Å². The Kier molecular flexibility index (Phi) is 6.41. The first kappa shape index (κ1) is 19.2. The topological polar surface area (TPSA) is 67.4 Å². The first-order valence-corrected chi connectivity index (χ1v) is 9.12. The molecule has 3 aromatic carbocycles. The highest BCUT2D eigenvalue weighted by Gasteiger charge is 2.07. The van der Waals surface area contributed by atoms with E-state index >= 15 is 0 Å². The lowest BCUT2D eigenvalue weighted by Crippen LogP contribution is -2.23. The molecule has 0 fully saturated rings. The summed E-state index contributed by atoms with van der Waals surface area (Å²) in [6.45, 7) is 2.34. The van der Waals surface area contributed by atoms with Crippen LogP contribution in [0.2, 0.25) is 0 Å². The Morgan fingerprint density at radius 3 is 2.11 bits per heavy atom. The number of amides is 2. The predicted molar refractivity (Wildman–Crippen MR) is 110 cm³/mol. The molecule has 0 aromatic heterocycles. The lowest BCUT2D eigenvalue weighted by Gasteiger charge is -2.09. The number of rotatable bonds is 7. The van der Waals surface area contributed by atoms with E-state index in [0.29, 0.717) is 23.5 Å². The SMILES string of the molecule is CCNC(=O)c1ccc(NC(=O)COc2ccc(-c3ccccc3)cc2)cc1. The Labute approximate surface area is 164 Å². The van der Waals surface area contributed by atoms with Gasteiger partial charge in [0.2, 0.25) is 0 Å². The largest absolute Gasteiger partial charge is 0.484 e. The van der Waals surface area contributed by atoms with E-state index in [4.69, 9.17) is 4.74 Å². The zero-order chi connectivity index (χ0) is 19.8. The van der Waals surface area contributed by atoms with Crippen LogP contribution in [0, 0.1) is 0 Å². The van der Waals surface area contributed by atoms with E-state index in [1.54, 1.807) is 24.3 Å². The molecule has 5 heteroatoms. The number of anilines is 1.